The Balaban J connectivity index is 3.18. The number of carbonyl (C=O) groups is 1. The number of nitrogens with zero attached hydrogens (tertiary/aromatic N) is 1. The molecule has 0 aliphatic carbocycles. The van der Waals surface area contributed by atoms with E-state index in [1.54, 1.807) is 0 Å². The van der Waals surface area contributed by atoms with Crippen LogP contribution in [0.3, 0.4) is 0 Å². The Bertz CT molecular complexity index is 210. The summed E-state index contributed by atoms with van der Waals surface area (Å²) in [7, 11) is 0. The number of unbranched alkanes of at least 4 members (excludes halogenated alkanes) is 7. The smallest absolute Gasteiger partial charge is 0.255 e. The summed E-state index contributed by atoms with van der Waals surface area (Å²) in [4.78, 5) is 11.1. The van der Waals surface area contributed by atoms with Crippen molar-refractivity contribution in [2.24, 2.45) is 0 Å². The molecule has 3 nitrogen and oxygen atoms in total. The molecule has 0 saturated carbocycles. The second kappa shape index (κ2) is 12.0. The molecule has 0 saturated heterocycles. The van der Waals surface area contributed by atoms with Crippen molar-refractivity contribution in [3.63, 3.8) is 0 Å². The second-order valence-electron chi connectivity index (χ2n) is 4.22. The molecule has 0 aromatic rings. The molecule has 4 heteroatoms. The number of thiol groups is 1. The van der Waals surface area contributed by atoms with Crippen molar-refractivity contribution >= 4 is 18.7 Å². The molecule has 0 spiro atoms. The third-order valence-corrected chi connectivity index (χ3v) is 3.10. The van der Waals surface area contributed by atoms with Gasteiger partial charge in [-0.05, 0) is 18.9 Å². The van der Waals surface area contributed by atoms with E-state index in [0.717, 1.165) is 25.7 Å². The van der Waals surface area contributed by atoms with Gasteiger partial charge in [0.05, 0.1) is 0 Å². The highest BCUT2D eigenvalue weighted by Gasteiger charge is 2.03. The highest BCUT2D eigenvalue weighted by Crippen LogP contribution is 2.09. The van der Waals surface area contributed by atoms with E-state index in [2.05, 4.69) is 19.4 Å². The molecule has 0 heterocycles. The molecule has 17 heavy (non-hydrogen) atoms. The summed E-state index contributed by atoms with van der Waals surface area (Å²) in [5.41, 5.74) is 0. The number of carbonyl (C=O) groups excluding carboxylic acids is 1. The van der Waals surface area contributed by atoms with Gasteiger partial charge < -0.3 is 5.11 Å². The molecule has 1 N–H and O–H groups in total. The number of amides is 1. The quantitative estimate of drug-likeness (QED) is 0.340. The van der Waals surface area contributed by atoms with Gasteiger partial charge in [0.1, 0.15) is 0 Å². The summed E-state index contributed by atoms with van der Waals surface area (Å²) in [5.74, 6) is -0.127. The standard InChI is InChI=1S/C13H25NO2S/c1-2-13(16)14(17)11-9-7-5-3-4-6-8-10-12-15/h2,15,17H,1,3-12H2. The monoisotopic (exact) mass is 259 g/mol. The zero-order valence-corrected chi connectivity index (χ0v) is 11.5. The molecule has 0 bridgehead atoms. The van der Waals surface area contributed by atoms with Crippen LogP contribution in [0.1, 0.15) is 51.4 Å². The minimum absolute atomic E-state index is 0.127. The Morgan fingerprint density at radius 3 is 2.00 bits per heavy atom. The van der Waals surface area contributed by atoms with Gasteiger partial charge in [0.2, 0.25) is 0 Å². The van der Waals surface area contributed by atoms with Crippen LogP contribution in [0.4, 0.5) is 0 Å². The predicted molar refractivity (Wildman–Crippen MR) is 74.9 cm³/mol. The average Bonchev–Trinajstić information content (AvgIpc) is 2.35. The van der Waals surface area contributed by atoms with E-state index in [9.17, 15) is 4.79 Å². The lowest BCUT2D eigenvalue weighted by molar-refractivity contribution is -0.121. The molecule has 0 aromatic carbocycles. The summed E-state index contributed by atoms with van der Waals surface area (Å²) in [6.07, 6.45) is 10.4. The number of aliphatic hydroxyl groups excluding tert-OH is 1. The zero-order chi connectivity index (χ0) is 12.9. The van der Waals surface area contributed by atoms with Crippen LogP contribution >= 0.6 is 12.8 Å². The van der Waals surface area contributed by atoms with Crippen molar-refractivity contribution in [1.29, 1.82) is 0 Å². The fourth-order valence-electron chi connectivity index (χ4n) is 1.65. The van der Waals surface area contributed by atoms with Gasteiger partial charge in [-0.3, -0.25) is 9.10 Å². The fourth-order valence-corrected chi connectivity index (χ4v) is 1.87. The van der Waals surface area contributed by atoms with Crippen molar-refractivity contribution in [1.82, 2.24) is 4.31 Å². The Morgan fingerprint density at radius 2 is 1.53 bits per heavy atom. The van der Waals surface area contributed by atoms with Gasteiger partial charge in [-0.2, -0.15) is 0 Å². The second-order valence-corrected chi connectivity index (χ2v) is 4.70. The van der Waals surface area contributed by atoms with E-state index in [4.69, 9.17) is 5.11 Å². The van der Waals surface area contributed by atoms with Gasteiger partial charge in [0.25, 0.3) is 5.91 Å². The van der Waals surface area contributed by atoms with Crippen molar-refractivity contribution in [2.45, 2.75) is 51.4 Å². The van der Waals surface area contributed by atoms with Crippen LogP contribution in [-0.4, -0.2) is 28.5 Å². The first-order valence-corrected chi connectivity index (χ1v) is 6.86. The topological polar surface area (TPSA) is 40.5 Å². The summed E-state index contributed by atoms with van der Waals surface area (Å²) < 4.78 is 1.41. The van der Waals surface area contributed by atoms with E-state index in [1.807, 2.05) is 0 Å². The molecule has 1 amide bonds. The molecule has 0 rings (SSSR count). The van der Waals surface area contributed by atoms with Gasteiger partial charge in [-0.25, -0.2) is 0 Å². The minimum Gasteiger partial charge on any atom is -0.396 e. The van der Waals surface area contributed by atoms with E-state index in [0.29, 0.717) is 13.2 Å². The maximum atomic E-state index is 11.1. The normalized spacial score (nSPS) is 10.2. The Hall–Kier alpha value is -0.480. The molecular weight excluding hydrogens is 234 g/mol. The Morgan fingerprint density at radius 1 is 1.06 bits per heavy atom. The lowest BCUT2D eigenvalue weighted by atomic mass is 10.1. The van der Waals surface area contributed by atoms with Crippen LogP contribution in [0.15, 0.2) is 12.7 Å². The van der Waals surface area contributed by atoms with Gasteiger partial charge >= 0.3 is 0 Å². The van der Waals surface area contributed by atoms with Gasteiger partial charge in [-0.1, -0.05) is 57.9 Å². The number of hydrogen-bond donors (Lipinski definition) is 2. The number of hydrogen-bond acceptors (Lipinski definition) is 3. The van der Waals surface area contributed by atoms with E-state index in [-0.39, 0.29) is 5.91 Å². The fraction of sp³-hybridized carbons (Fsp3) is 0.769. The predicted octanol–water partition coefficient (Wildman–Crippen LogP) is 2.96. The van der Waals surface area contributed by atoms with Crippen LogP contribution in [0.25, 0.3) is 0 Å². The van der Waals surface area contributed by atoms with Crippen molar-refractivity contribution in [2.75, 3.05) is 13.2 Å². The third-order valence-electron chi connectivity index (χ3n) is 2.71. The van der Waals surface area contributed by atoms with Crippen LogP contribution in [0, 0.1) is 0 Å². The first-order chi connectivity index (χ1) is 8.22. The molecule has 100 valence electrons. The molecule has 0 radical (unpaired) electrons. The molecule has 0 aromatic heterocycles. The SMILES string of the molecule is C=CC(=O)N(S)CCCCCCCCCCO. The maximum absolute atomic E-state index is 11.1. The summed E-state index contributed by atoms with van der Waals surface area (Å²) in [6, 6.07) is 0. The molecule has 0 aliphatic rings. The van der Waals surface area contributed by atoms with Crippen molar-refractivity contribution < 1.29 is 9.90 Å². The first kappa shape index (κ1) is 16.5. The average molecular weight is 259 g/mol. The van der Waals surface area contributed by atoms with E-state index in [1.165, 1.54) is 36.1 Å². The highest BCUT2D eigenvalue weighted by atomic mass is 32.1. The zero-order valence-electron chi connectivity index (χ0n) is 10.6. The third kappa shape index (κ3) is 10.4. The molecule has 0 fully saturated rings. The van der Waals surface area contributed by atoms with Gasteiger partial charge in [0, 0.05) is 13.2 Å². The van der Waals surface area contributed by atoms with Crippen LogP contribution < -0.4 is 0 Å². The molecule has 0 unspecified atom stereocenters. The molecule has 0 atom stereocenters. The summed E-state index contributed by atoms with van der Waals surface area (Å²) in [6.45, 7) is 4.42. The summed E-state index contributed by atoms with van der Waals surface area (Å²) in [5, 5.41) is 8.61. The Labute approximate surface area is 110 Å². The number of rotatable bonds is 11. The number of aliphatic hydroxyl groups is 1. The maximum Gasteiger partial charge on any atom is 0.255 e. The Kier molecular flexibility index (Phi) is 11.7. The first-order valence-electron chi connectivity index (χ1n) is 6.46. The van der Waals surface area contributed by atoms with Crippen molar-refractivity contribution in [3.05, 3.63) is 12.7 Å². The largest absolute Gasteiger partial charge is 0.396 e. The van der Waals surface area contributed by atoms with Crippen molar-refractivity contribution in [3.8, 4) is 0 Å². The van der Waals surface area contributed by atoms with Crippen LogP contribution in [0.5, 0.6) is 0 Å². The lowest BCUT2D eigenvalue weighted by Crippen LogP contribution is -2.20. The lowest BCUT2D eigenvalue weighted by Gasteiger charge is -2.12. The minimum atomic E-state index is -0.127. The highest BCUT2D eigenvalue weighted by molar-refractivity contribution is 7.78. The van der Waals surface area contributed by atoms with Crippen LogP contribution in [-0.2, 0) is 4.79 Å². The molecule has 0 aliphatic heterocycles. The molecular formula is C13H25NO2S. The summed E-state index contributed by atoms with van der Waals surface area (Å²) >= 11 is 4.08. The van der Waals surface area contributed by atoms with E-state index >= 15 is 0 Å². The van der Waals surface area contributed by atoms with Crippen LogP contribution in [0.2, 0.25) is 0 Å². The van der Waals surface area contributed by atoms with Gasteiger partial charge in [0.15, 0.2) is 0 Å². The van der Waals surface area contributed by atoms with Gasteiger partial charge in [-0.15, -0.1) is 0 Å². The van der Waals surface area contributed by atoms with E-state index < -0.39 is 0 Å².